The van der Waals surface area contributed by atoms with Crippen LogP contribution in [0.25, 0.3) is 0 Å². The fourth-order valence-electron chi connectivity index (χ4n) is 4.54. The zero-order valence-corrected chi connectivity index (χ0v) is 13.8. The molecule has 0 aromatic heterocycles. The minimum atomic E-state index is -0.0208. The van der Waals surface area contributed by atoms with E-state index >= 15 is 0 Å². The molecule has 1 unspecified atom stereocenters. The summed E-state index contributed by atoms with van der Waals surface area (Å²) in [7, 11) is 0. The van der Waals surface area contributed by atoms with Gasteiger partial charge in [-0.05, 0) is 55.4 Å². The van der Waals surface area contributed by atoms with Crippen LogP contribution in [-0.4, -0.2) is 18.2 Å². The van der Waals surface area contributed by atoms with Crippen LogP contribution in [0.5, 0.6) is 11.5 Å². The van der Waals surface area contributed by atoms with E-state index in [-0.39, 0.29) is 6.10 Å². The Kier molecular flexibility index (Phi) is 3.30. The number of nitrogens with one attached hydrogen (secondary N) is 1. The molecule has 3 nitrogen and oxygen atoms in total. The van der Waals surface area contributed by atoms with E-state index in [0.717, 1.165) is 24.0 Å². The van der Waals surface area contributed by atoms with E-state index < -0.39 is 0 Å². The smallest absolute Gasteiger partial charge is 0.162 e. The van der Waals surface area contributed by atoms with Gasteiger partial charge in [-0.2, -0.15) is 0 Å². The van der Waals surface area contributed by atoms with Crippen LogP contribution in [-0.2, 0) is 6.42 Å². The molecular formula is C21H23NO2. The normalized spacial score (nSPS) is 30.5. The third-order valence-corrected chi connectivity index (χ3v) is 5.86. The first kappa shape index (κ1) is 14.4. The van der Waals surface area contributed by atoms with Crippen LogP contribution in [0.4, 0.5) is 0 Å². The average molecular weight is 321 g/mol. The van der Waals surface area contributed by atoms with Crippen molar-refractivity contribution >= 4 is 0 Å². The fourth-order valence-corrected chi connectivity index (χ4v) is 4.54. The summed E-state index contributed by atoms with van der Waals surface area (Å²) in [6, 6.07) is 17.6. The summed E-state index contributed by atoms with van der Waals surface area (Å²) in [5.41, 5.74) is 2.98. The average Bonchev–Trinajstić information content (AvgIpc) is 3.22. The molecule has 0 saturated carbocycles. The molecule has 2 aromatic carbocycles. The topological polar surface area (TPSA) is 30.5 Å². The van der Waals surface area contributed by atoms with E-state index in [4.69, 9.17) is 9.47 Å². The number of benzene rings is 2. The van der Waals surface area contributed by atoms with Gasteiger partial charge in [0, 0.05) is 11.6 Å². The molecule has 24 heavy (non-hydrogen) atoms. The van der Waals surface area contributed by atoms with Crippen LogP contribution < -0.4 is 14.8 Å². The molecule has 2 fully saturated rings. The van der Waals surface area contributed by atoms with E-state index in [9.17, 15) is 0 Å². The minimum Gasteiger partial charge on any atom is -0.485 e. The zero-order chi connectivity index (χ0) is 16.0. The predicted molar refractivity (Wildman–Crippen MR) is 93.6 cm³/mol. The van der Waals surface area contributed by atoms with Crippen molar-refractivity contribution in [3.05, 3.63) is 59.7 Å². The van der Waals surface area contributed by atoms with Crippen LogP contribution in [0, 0.1) is 0 Å². The monoisotopic (exact) mass is 321 g/mol. The Labute approximate surface area is 143 Å². The van der Waals surface area contributed by atoms with Crippen LogP contribution in [0.2, 0.25) is 0 Å². The molecule has 0 radical (unpaired) electrons. The summed E-state index contributed by atoms with van der Waals surface area (Å²) in [6.45, 7) is 0.573. The molecule has 0 spiro atoms. The molecule has 3 heterocycles. The molecule has 3 aliphatic rings. The molecule has 3 aliphatic heterocycles. The Morgan fingerprint density at radius 3 is 2.42 bits per heavy atom. The molecule has 0 amide bonds. The second-order valence-corrected chi connectivity index (χ2v) is 7.48. The molecule has 2 bridgehead atoms. The van der Waals surface area contributed by atoms with Crippen molar-refractivity contribution in [3.63, 3.8) is 0 Å². The maximum absolute atomic E-state index is 6.10. The first-order valence-electron chi connectivity index (χ1n) is 9.05. The van der Waals surface area contributed by atoms with Gasteiger partial charge >= 0.3 is 0 Å². The van der Waals surface area contributed by atoms with E-state index in [1.54, 1.807) is 0 Å². The van der Waals surface area contributed by atoms with Crippen LogP contribution >= 0.6 is 0 Å². The number of ether oxygens (including phenoxy) is 2. The molecule has 3 heteroatoms. The Morgan fingerprint density at radius 1 is 0.958 bits per heavy atom. The van der Waals surface area contributed by atoms with Crippen LogP contribution in [0.1, 0.15) is 42.9 Å². The standard InChI is InChI=1S/C21H23NO2/c1-2-4-19-18(3-1)23-14-20(24-19)16-7-5-15(6-8-16)13-21-11-9-17(22-21)10-12-21/h1-8,17,20,22H,9-14H2. The molecule has 5 rings (SSSR count). The van der Waals surface area contributed by atoms with Gasteiger partial charge in [-0.25, -0.2) is 0 Å². The highest BCUT2D eigenvalue weighted by Crippen LogP contribution is 2.40. The van der Waals surface area contributed by atoms with E-state index in [0.29, 0.717) is 12.1 Å². The van der Waals surface area contributed by atoms with Gasteiger partial charge in [-0.3, -0.25) is 0 Å². The number of fused-ring (bicyclic) bond motifs is 3. The highest BCUT2D eigenvalue weighted by atomic mass is 16.6. The van der Waals surface area contributed by atoms with Crippen molar-refractivity contribution in [3.8, 4) is 11.5 Å². The zero-order valence-electron chi connectivity index (χ0n) is 13.8. The summed E-state index contributed by atoms with van der Waals surface area (Å²) in [5.74, 6) is 1.68. The number of rotatable bonds is 3. The third kappa shape index (κ3) is 2.48. The molecule has 1 atom stereocenters. The predicted octanol–water partition coefficient (Wildman–Crippen LogP) is 4.03. The lowest BCUT2D eigenvalue weighted by atomic mass is 9.83. The summed E-state index contributed by atoms with van der Waals surface area (Å²) in [6.07, 6.45) is 6.49. The van der Waals surface area contributed by atoms with Gasteiger partial charge < -0.3 is 14.8 Å². The summed E-state index contributed by atoms with van der Waals surface area (Å²) < 4.78 is 11.9. The number of hydrogen-bond donors (Lipinski definition) is 1. The lowest BCUT2D eigenvalue weighted by Gasteiger charge is -2.28. The van der Waals surface area contributed by atoms with Gasteiger partial charge in [0.1, 0.15) is 6.61 Å². The Balaban J connectivity index is 1.30. The summed E-state index contributed by atoms with van der Waals surface area (Å²) >= 11 is 0. The maximum Gasteiger partial charge on any atom is 0.162 e. The largest absolute Gasteiger partial charge is 0.485 e. The maximum atomic E-state index is 6.10. The number of hydrogen-bond acceptors (Lipinski definition) is 3. The second kappa shape index (κ2) is 5.52. The van der Waals surface area contributed by atoms with Crippen molar-refractivity contribution in [2.24, 2.45) is 0 Å². The lowest BCUT2D eigenvalue weighted by Crippen LogP contribution is -2.38. The second-order valence-electron chi connectivity index (χ2n) is 7.48. The van der Waals surface area contributed by atoms with E-state index in [2.05, 4.69) is 29.6 Å². The van der Waals surface area contributed by atoms with Crippen molar-refractivity contribution in [1.82, 2.24) is 5.32 Å². The molecule has 2 saturated heterocycles. The third-order valence-electron chi connectivity index (χ3n) is 5.86. The van der Waals surface area contributed by atoms with E-state index in [1.165, 1.54) is 36.8 Å². The Morgan fingerprint density at radius 2 is 1.71 bits per heavy atom. The summed E-state index contributed by atoms with van der Waals surface area (Å²) in [4.78, 5) is 0. The fraction of sp³-hybridized carbons (Fsp3) is 0.429. The van der Waals surface area contributed by atoms with Gasteiger partial charge in [0.25, 0.3) is 0 Å². The van der Waals surface area contributed by atoms with Gasteiger partial charge in [0.2, 0.25) is 0 Å². The Hall–Kier alpha value is -2.00. The van der Waals surface area contributed by atoms with Gasteiger partial charge in [0.05, 0.1) is 0 Å². The molecule has 124 valence electrons. The number of para-hydroxylation sites is 2. The summed E-state index contributed by atoms with van der Waals surface area (Å²) in [5, 5.41) is 3.83. The van der Waals surface area contributed by atoms with Crippen molar-refractivity contribution in [2.75, 3.05) is 6.61 Å². The van der Waals surface area contributed by atoms with E-state index in [1.807, 2.05) is 24.3 Å². The quantitative estimate of drug-likeness (QED) is 0.926. The van der Waals surface area contributed by atoms with Crippen LogP contribution in [0.15, 0.2) is 48.5 Å². The minimum absolute atomic E-state index is 0.0208. The van der Waals surface area contributed by atoms with Gasteiger partial charge in [0.15, 0.2) is 17.6 Å². The highest BCUT2D eigenvalue weighted by molar-refractivity contribution is 5.41. The van der Waals surface area contributed by atoms with Crippen molar-refractivity contribution in [1.29, 1.82) is 0 Å². The molecule has 1 N–H and O–H groups in total. The molecule has 0 aliphatic carbocycles. The van der Waals surface area contributed by atoms with Crippen molar-refractivity contribution < 1.29 is 9.47 Å². The van der Waals surface area contributed by atoms with Gasteiger partial charge in [-0.1, -0.05) is 36.4 Å². The SMILES string of the molecule is c1ccc2c(c1)OCC(c1ccc(CC34CCC(CC3)N4)cc1)O2. The van der Waals surface area contributed by atoms with Crippen LogP contribution in [0.3, 0.4) is 0 Å². The lowest BCUT2D eigenvalue weighted by molar-refractivity contribution is 0.0913. The van der Waals surface area contributed by atoms with Crippen molar-refractivity contribution in [2.45, 2.75) is 49.8 Å². The molecular weight excluding hydrogens is 298 g/mol. The van der Waals surface area contributed by atoms with Gasteiger partial charge in [-0.15, -0.1) is 0 Å². The first-order chi connectivity index (χ1) is 11.8. The molecule has 2 aromatic rings. The highest BCUT2D eigenvalue weighted by Gasteiger charge is 2.43. The Bertz CT molecular complexity index is 732. The first-order valence-corrected chi connectivity index (χ1v) is 9.05.